The maximum atomic E-state index is 12.8. The van der Waals surface area contributed by atoms with E-state index in [0.717, 1.165) is 52.9 Å². The second-order valence-electron chi connectivity index (χ2n) is 14.2. The number of carbonyl (C=O) groups excluding carboxylic acids is 6. The molecule has 0 bridgehead atoms. The van der Waals surface area contributed by atoms with Crippen LogP contribution in [0.15, 0.2) is 30.3 Å². The summed E-state index contributed by atoms with van der Waals surface area (Å²) in [5, 5.41) is 2.88. The number of benzene rings is 1. The van der Waals surface area contributed by atoms with E-state index in [4.69, 9.17) is 52.1 Å². The molecule has 3 saturated heterocycles. The van der Waals surface area contributed by atoms with Crippen molar-refractivity contribution in [2.75, 3.05) is 26.4 Å². The van der Waals surface area contributed by atoms with Gasteiger partial charge in [-0.2, -0.15) is 0 Å². The van der Waals surface area contributed by atoms with Crippen LogP contribution in [0.4, 0.5) is 0 Å². The van der Waals surface area contributed by atoms with Crippen molar-refractivity contribution >= 4 is 35.8 Å². The van der Waals surface area contributed by atoms with E-state index in [1.807, 2.05) is 30.3 Å². The molecule has 1 amide bonds. The highest BCUT2D eigenvalue weighted by molar-refractivity contribution is 5.73. The molecule has 0 aliphatic carbocycles. The molecule has 18 nitrogen and oxygen atoms in total. The molecule has 0 spiro atoms. The monoisotopic (exact) mass is 823 g/mol. The molecule has 0 radical (unpaired) electrons. The molecule has 3 aliphatic rings. The van der Waals surface area contributed by atoms with Crippen molar-refractivity contribution in [1.82, 2.24) is 5.32 Å². The Labute approximate surface area is 338 Å². The van der Waals surface area contributed by atoms with Gasteiger partial charge in [0.2, 0.25) is 5.91 Å². The molecule has 1 aromatic rings. The van der Waals surface area contributed by atoms with Gasteiger partial charge in [0.05, 0.1) is 13.2 Å². The van der Waals surface area contributed by atoms with Gasteiger partial charge in [-0.05, 0) is 19.8 Å². The number of hydrogen-bond donors (Lipinski definition) is 1. The van der Waals surface area contributed by atoms with Crippen LogP contribution in [-0.4, -0.2) is 124 Å². The second kappa shape index (κ2) is 23.4. The molecule has 18 heteroatoms. The van der Waals surface area contributed by atoms with E-state index in [1.165, 1.54) is 13.8 Å². The molecule has 1 aromatic carbocycles. The van der Waals surface area contributed by atoms with Gasteiger partial charge in [-0.25, -0.2) is 0 Å². The summed E-state index contributed by atoms with van der Waals surface area (Å²) in [6, 6.07) is 8.08. The third-order valence-electron chi connectivity index (χ3n) is 9.38. The van der Waals surface area contributed by atoms with Crippen LogP contribution >= 0.6 is 0 Å². The van der Waals surface area contributed by atoms with Crippen molar-refractivity contribution < 1.29 is 80.9 Å². The Morgan fingerprint density at radius 3 is 1.97 bits per heavy atom. The third-order valence-corrected chi connectivity index (χ3v) is 9.38. The molecule has 0 aromatic heterocycles. The maximum Gasteiger partial charge on any atom is 0.305 e. The quantitative estimate of drug-likeness (QED) is 0.114. The molecule has 1 unspecified atom stereocenters. The standard InChI is InChI=1S/C40H57NO17/c1-7-48-31(47)19-15-10-8-9-11-16-20-49-39-32(41-23(2)42)35(33-30(55-39)22-51-38(57-33)28-17-13-12-14-18-28)58-40-37(54-27(6)46)36(53-26(5)45)34(52-25(4)44)29(56-40)21-50-24(3)43/h12-14,17-18,29-30,32-40H,7-11,15-16,19-22H2,1-6H3,(H,41,42)/t29-,30-,32-,33-,34+,35-,36+,37-,38?,39-,40+/m1/s1. The van der Waals surface area contributed by atoms with Crippen molar-refractivity contribution in [3.63, 3.8) is 0 Å². The first kappa shape index (κ1) is 46.5. The fourth-order valence-electron chi connectivity index (χ4n) is 7.01. The van der Waals surface area contributed by atoms with Gasteiger partial charge in [0.25, 0.3) is 0 Å². The predicted molar refractivity (Wildman–Crippen MR) is 198 cm³/mol. The first-order valence-corrected chi connectivity index (χ1v) is 19.7. The fraction of sp³-hybridized carbons (Fsp3) is 0.700. The smallest absolute Gasteiger partial charge is 0.305 e. The van der Waals surface area contributed by atoms with E-state index in [-0.39, 0.29) is 19.2 Å². The Hall–Kier alpha value is -4.20. The Kier molecular flexibility index (Phi) is 18.8. The molecule has 3 fully saturated rings. The first-order valence-electron chi connectivity index (χ1n) is 19.7. The van der Waals surface area contributed by atoms with Crippen LogP contribution in [0.1, 0.15) is 98.3 Å². The lowest BCUT2D eigenvalue weighted by Gasteiger charge is -2.51. The lowest BCUT2D eigenvalue weighted by molar-refractivity contribution is -0.378. The van der Waals surface area contributed by atoms with E-state index in [1.54, 1.807) is 6.92 Å². The number of rotatable bonds is 20. The molecule has 3 heterocycles. The summed E-state index contributed by atoms with van der Waals surface area (Å²) in [4.78, 5) is 73.7. The number of hydrogen-bond acceptors (Lipinski definition) is 17. The fourth-order valence-corrected chi connectivity index (χ4v) is 7.01. The Morgan fingerprint density at radius 2 is 1.33 bits per heavy atom. The zero-order valence-electron chi connectivity index (χ0n) is 34.0. The minimum Gasteiger partial charge on any atom is -0.466 e. The van der Waals surface area contributed by atoms with Crippen LogP contribution in [0.25, 0.3) is 0 Å². The molecular weight excluding hydrogens is 766 g/mol. The first-order chi connectivity index (χ1) is 27.8. The summed E-state index contributed by atoms with van der Waals surface area (Å²) in [5.41, 5.74) is 0.697. The molecule has 3 aliphatic heterocycles. The summed E-state index contributed by atoms with van der Waals surface area (Å²) < 4.78 is 65.2. The van der Waals surface area contributed by atoms with Gasteiger partial charge in [0.15, 0.2) is 37.2 Å². The number of ether oxygens (including phenoxy) is 11. The van der Waals surface area contributed by atoms with E-state index in [9.17, 15) is 28.8 Å². The number of nitrogens with one attached hydrogen (secondary N) is 1. The summed E-state index contributed by atoms with van der Waals surface area (Å²) in [6.07, 6.45) is -6.84. The number of esters is 5. The van der Waals surface area contributed by atoms with Crippen molar-refractivity contribution in [2.24, 2.45) is 0 Å². The number of carbonyl (C=O) groups is 6. The van der Waals surface area contributed by atoms with Gasteiger partial charge in [0, 0.05) is 53.2 Å². The van der Waals surface area contributed by atoms with Crippen LogP contribution in [0.3, 0.4) is 0 Å². The van der Waals surface area contributed by atoms with Crippen LogP contribution < -0.4 is 5.32 Å². The largest absolute Gasteiger partial charge is 0.466 e. The number of fused-ring (bicyclic) bond motifs is 1. The lowest BCUT2D eigenvalue weighted by atomic mass is 9.94. The molecule has 1 N–H and O–H groups in total. The van der Waals surface area contributed by atoms with Crippen molar-refractivity contribution in [3.05, 3.63) is 35.9 Å². The van der Waals surface area contributed by atoms with Crippen LogP contribution in [-0.2, 0) is 80.9 Å². The summed E-state index contributed by atoms with van der Waals surface area (Å²) in [5.74, 6) is -3.73. The highest BCUT2D eigenvalue weighted by atomic mass is 16.8. The minimum atomic E-state index is -1.59. The van der Waals surface area contributed by atoms with Gasteiger partial charge in [-0.3, -0.25) is 28.8 Å². The maximum absolute atomic E-state index is 12.8. The van der Waals surface area contributed by atoms with E-state index < -0.39 is 104 Å². The van der Waals surface area contributed by atoms with Gasteiger partial charge in [0.1, 0.15) is 37.1 Å². The molecule has 11 atom stereocenters. The van der Waals surface area contributed by atoms with Crippen LogP contribution in [0.2, 0.25) is 0 Å². The molecule has 4 rings (SSSR count). The van der Waals surface area contributed by atoms with E-state index in [2.05, 4.69) is 5.32 Å². The van der Waals surface area contributed by atoms with Gasteiger partial charge in [-0.15, -0.1) is 0 Å². The zero-order valence-corrected chi connectivity index (χ0v) is 34.0. The normalized spacial score (nSPS) is 29.2. The highest BCUT2D eigenvalue weighted by Gasteiger charge is 2.57. The predicted octanol–water partition coefficient (Wildman–Crippen LogP) is 3.11. The molecule has 0 saturated carbocycles. The average molecular weight is 824 g/mol. The highest BCUT2D eigenvalue weighted by Crippen LogP contribution is 2.38. The van der Waals surface area contributed by atoms with Gasteiger partial charge >= 0.3 is 29.8 Å². The van der Waals surface area contributed by atoms with Crippen molar-refractivity contribution in [2.45, 2.75) is 154 Å². The topological polar surface area (TPSA) is 216 Å². The average Bonchev–Trinajstić information content (AvgIpc) is 3.16. The molecule has 324 valence electrons. The lowest BCUT2D eigenvalue weighted by Crippen LogP contribution is -2.70. The molecular formula is C40H57NO17. The van der Waals surface area contributed by atoms with Crippen molar-refractivity contribution in [1.29, 1.82) is 0 Å². The molecule has 58 heavy (non-hydrogen) atoms. The minimum absolute atomic E-state index is 0.0289. The van der Waals surface area contributed by atoms with Crippen LogP contribution in [0.5, 0.6) is 0 Å². The van der Waals surface area contributed by atoms with Crippen LogP contribution in [0, 0.1) is 0 Å². The third kappa shape index (κ3) is 14.3. The summed E-state index contributed by atoms with van der Waals surface area (Å²) >= 11 is 0. The van der Waals surface area contributed by atoms with Gasteiger partial charge in [-0.1, -0.05) is 56.0 Å². The second-order valence-corrected chi connectivity index (χ2v) is 14.2. The Balaban J connectivity index is 1.62. The van der Waals surface area contributed by atoms with Crippen molar-refractivity contribution in [3.8, 4) is 0 Å². The Bertz CT molecular complexity index is 1510. The zero-order chi connectivity index (χ0) is 42.2. The summed E-state index contributed by atoms with van der Waals surface area (Å²) in [7, 11) is 0. The Morgan fingerprint density at radius 1 is 0.690 bits per heavy atom. The van der Waals surface area contributed by atoms with E-state index in [0.29, 0.717) is 25.0 Å². The summed E-state index contributed by atoms with van der Waals surface area (Å²) in [6.45, 7) is 7.80. The number of unbranched alkanes of at least 4 members (excludes halogenated alkanes) is 5. The number of amides is 1. The van der Waals surface area contributed by atoms with E-state index >= 15 is 0 Å². The van der Waals surface area contributed by atoms with Gasteiger partial charge < -0.3 is 57.4 Å². The SMILES string of the molecule is CCOC(=O)CCCCCCCCO[C@@H]1O[C@@H]2COC(c3ccccc3)O[C@H]2[C@H](O[C@@H]2O[C@H](COC(C)=O)[C@H](OC(C)=O)[C@H](OC(C)=O)[C@H]2OC(C)=O)[C@H]1NC(C)=O.